The molecule has 0 bridgehead atoms. The molecule has 1 amide bonds. The van der Waals surface area contributed by atoms with Gasteiger partial charge in [-0.1, -0.05) is 11.6 Å². The minimum absolute atomic E-state index is 0. The third kappa shape index (κ3) is 5.12. The Kier molecular flexibility index (Phi) is 8.25. The number of likely N-dealkylation sites (tertiary alicyclic amines) is 1. The zero-order chi connectivity index (χ0) is 16.4. The van der Waals surface area contributed by atoms with Gasteiger partial charge in [0.2, 0.25) is 5.91 Å². The molecule has 1 unspecified atom stereocenters. The lowest BCUT2D eigenvalue weighted by Gasteiger charge is -2.33. The van der Waals surface area contributed by atoms with Crippen molar-refractivity contribution >= 4 is 54.1 Å². The molecule has 2 aliphatic heterocycles. The molecule has 2 aliphatic rings. The molecule has 2 saturated heterocycles. The van der Waals surface area contributed by atoms with Crippen LogP contribution in [-0.2, 0) is 9.59 Å². The Morgan fingerprint density at radius 1 is 1.08 bits per heavy atom. The Morgan fingerprint density at radius 2 is 1.72 bits per heavy atom. The molecule has 6 nitrogen and oxygen atoms in total. The van der Waals surface area contributed by atoms with Crippen molar-refractivity contribution in [3.63, 3.8) is 0 Å². The monoisotopic (exact) mass is 409 g/mol. The molecule has 3 heterocycles. The van der Waals surface area contributed by atoms with Crippen LogP contribution in [0.25, 0.3) is 0 Å². The fraction of sp³-hybridized carbons (Fsp3) is 0.562. The molecular formula is C16H22Cl3N3O3. The fourth-order valence-electron chi connectivity index (χ4n) is 3.33. The minimum atomic E-state index is -0.802. The highest BCUT2D eigenvalue weighted by Crippen LogP contribution is 2.26. The number of hydrogen-bond acceptors (Lipinski definition) is 4. The van der Waals surface area contributed by atoms with Gasteiger partial charge in [0, 0.05) is 38.3 Å². The highest BCUT2D eigenvalue weighted by molar-refractivity contribution is 6.30. The standard InChI is InChI=1S/C16H20ClN3O3.2ClH/c17-13-1-2-14(18-9-13)19-6-3-11(4-7-19)15(21)20-8-5-12(10-20)16(22)23;;/h1-2,9,11-12H,3-8,10H2,(H,22,23);2*1H. The van der Waals surface area contributed by atoms with Crippen molar-refractivity contribution in [1.29, 1.82) is 0 Å². The average molecular weight is 411 g/mol. The van der Waals surface area contributed by atoms with Crippen molar-refractivity contribution in [3.8, 4) is 0 Å². The van der Waals surface area contributed by atoms with Gasteiger partial charge in [-0.25, -0.2) is 4.98 Å². The van der Waals surface area contributed by atoms with Crippen molar-refractivity contribution < 1.29 is 14.7 Å². The molecule has 25 heavy (non-hydrogen) atoms. The van der Waals surface area contributed by atoms with Crippen molar-refractivity contribution in [2.24, 2.45) is 11.8 Å². The van der Waals surface area contributed by atoms with E-state index in [0.717, 1.165) is 31.7 Å². The molecule has 1 atom stereocenters. The summed E-state index contributed by atoms with van der Waals surface area (Å²) in [6, 6.07) is 3.71. The van der Waals surface area contributed by atoms with Gasteiger partial charge in [-0.3, -0.25) is 9.59 Å². The number of halogens is 3. The maximum atomic E-state index is 12.5. The quantitative estimate of drug-likeness (QED) is 0.829. The summed E-state index contributed by atoms with van der Waals surface area (Å²) < 4.78 is 0. The second kappa shape index (κ2) is 9.46. The van der Waals surface area contributed by atoms with Crippen LogP contribution in [0.1, 0.15) is 19.3 Å². The molecule has 3 rings (SSSR count). The number of anilines is 1. The van der Waals surface area contributed by atoms with Gasteiger partial charge >= 0.3 is 5.97 Å². The lowest BCUT2D eigenvalue weighted by molar-refractivity contribution is -0.141. The minimum Gasteiger partial charge on any atom is -0.481 e. The van der Waals surface area contributed by atoms with Gasteiger partial charge in [0.05, 0.1) is 10.9 Å². The van der Waals surface area contributed by atoms with Gasteiger partial charge in [-0.2, -0.15) is 0 Å². The van der Waals surface area contributed by atoms with Crippen LogP contribution < -0.4 is 4.90 Å². The van der Waals surface area contributed by atoms with E-state index in [1.807, 2.05) is 12.1 Å². The second-order valence-electron chi connectivity index (χ2n) is 6.20. The van der Waals surface area contributed by atoms with Crippen LogP contribution in [0.15, 0.2) is 18.3 Å². The molecule has 9 heteroatoms. The summed E-state index contributed by atoms with van der Waals surface area (Å²) in [7, 11) is 0. The molecule has 0 aromatic carbocycles. The van der Waals surface area contributed by atoms with E-state index in [1.165, 1.54) is 0 Å². The number of carbonyl (C=O) groups is 2. The van der Waals surface area contributed by atoms with Crippen molar-refractivity contribution in [2.75, 3.05) is 31.1 Å². The van der Waals surface area contributed by atoms with Gasteiger partial charge in [-0.15, -0.1) is 24.8 Å². The lowest BCUT2D eigenvalue weighted by atomic mass is 9.95. The number of hydrogen-bond donors (Lipinski definition) is 1. The number of rotatable bonds is 3. The predicted octanol–water partition coefficient (Wildman–Crippen LogP) is 2.73. The van der Waals surface area contributed by atoms with Crippen molar-refractivity contribution in [1.82, 2.24) is 9.88 Å². The Hall–Kier alpha value is -1.24. The number of pyridine rings is 1. The average Bonchev–Trinajstić information content (AvgIpc) is 3.05. The van der Waals surface area contributed by atoms with E-state index >= 15 is 0 Å². The van der Waals surface area contributed by atoms with Gasteiger partial charge in [-0.05, 0) is 31.4 Å². The number of aliphatic carboxylic acids is 1. The van der Waals surface area contributed by atoms with Crippen molar-refractivity contribution in [3.05, 3.63) is 23.4 Å². The molecule has 1 N–H and O–H groups in total. The van der Waals surface area contributed by atoms with Crippen LogP contribution in [0.5, 0.6) is 0 Å². The van der Waals surface area contributed by atoms with E-state index in [1.54, 1.807) is 11.1 Å². The second-order valence-corrected chi connectivity index (χ2v) is 6.64. The molecule has 1 aromatic heterocycles. The summed E-state index contributed by atoms with van der Waals surface area (Å²) in [5.41, 5.74) is 0. The van der Waals surface area contributed by atoms with E-state index in [4.69, 9.17) is 16.7 Å². The Morgan fingerprint density at radius 3 is 2.24 bits per heavy atom. The zero-order valence-electron chi connectivity index (χ0n) is 13.6. The number of piperidine rings is 1. The van der Waals surface area contributed by atoms with E-state index in [0.29, 0.717) is 24.5 Å². The van der Waals surface area contributed by atoms with Crippen LogP contribution in [-0.4, -0.2) is 53.0 Å². The van der Waals surface area contributed by atoms with Crippen LogP contribution >= 0.6 is 36.4 Å². The number of carbonyl (C=O) groups excluding carboxylic acids is 1. The summed E-state index contributed by atoms with van der Waals surface area (Å²) >= 11 is 5.85. The largest absolute Gasteiger partial charge is 0.481 e. The summed E-state index contributed by atoms with van der Waals surface area (Å²) in [4.78, 5) is 31.7. The molecule has 0 spiro atoms. The molecular weight excluding hydrogens is 389 g/mol. The summed E-state index contributed by atoms with van der Waals surface area (Å²) in [6.45, 7) is 2.48. The highest BCUT2D eigenvalue weighted by atomic mass is 35.5. The first-order valence-corrected chi connectivity index (χ1v) is 8.30. The highest BCUT2D eigenvalue weighted by Gasteiger charge is 2.35. The van der Waals surface area contributed by atoms with Gasteiger partial charge in [0.25, 0.3) is 0 Å². The first kappa shape index (κ1) is 21.8. The molecule has 1 aromatic rings. The Balaban J connectivity index is 0.00000156. The van der Waals surface area contributed by atoms with Gasteiger partial charge < -0.3 is 14.9 Å². The Bertz CT molecular complexity index is 592. The third-order valence-corrected chi connectivity index (χ3v) is 4.95. The smallest absolute Gasteiger partial charge is 0.308 e. The maximum Gasteiger partial charge on any atom is 0.308 e. The lowest BCUT2D eigenvalue weighted by Crippen LogP contribution is -2.42. The van der Waals surface area contributed by atoms with Crippen LogP contribution in [0.2, 0.25) is 5.02 Å². The number of amides is 1. The van der Waals surface area contributed by atoms with Crippen LogP contribution in [0.3, 0.4) is 0 Å². The molecule has 0 radical (unpaired) electrons. The number of nitrogens with zero attached hydrogens (tertiary/aromatic N) is 3. The van der Waals surface area contributed by atoms with Crippen LogP contribution in [0.4, 0.5) is 5.82 Å². The number of aromatic nitrogens is 1. The first-order valence-electron chi connectivity index (χ1n) is 7.92. The van der Waals surface area contributed by atoms with Gasteiger partial charge in [0.15, 0.2) is 0 Å². The van der Waals surface area contributed by atoms with E-state index in [-0.39, 0.29) is 36.6 Å². The van der Waals surface area contributed by atoms with Crippen molar-refractivity contribution in [2.45, 2.75) is 19.3 Å². The Labute approximate surface area is 164 Å². The van der Waals surface area contributed by atoms with Gasteiger partial charge in [0.1, 0.15) is 5.82 Å². The van der Waals surface area contributed by atoms with E-state index in [2.05, 4.69) is 9.88 Å². The van der Waals surface area contributed by atoms with Crippen LogP contribution in [0, 0.1) is 11.8 Å². The zero-order valence-corrected chi connectivity index (χ0v) is 16.0. The fourth-order valence-corrected chi connectivity index (χ4v) is 3.44. The van der Waals surface area contributed by atoms with E-state index in [9.17, 15) is 9.59 Å². The van der Waals surface area contributed by atoms with E-state index < -0.39 is 11.9 Å². The number of carboxylic acids is 1. The molecule has 0 aliphatic carbocycles. The first-order chi connectivity index (χ1) is 11.0. The SMILES string of the molecule is Cl.Cl.O=C(O)C1CCN(C(=O)C2CCN(c3ccc(Cl)cn3)CC2)C1. The maximum absolute atomic E-state index is 12.5. The normalized spacial score (nSPS) is 20.6. The molecule has 140 valence electrons. The number of carboxylic acid groups (broad SMARTS) is 1. The molecule has 2 fully saturated rings. The topological polar surface area (TPSA) is 73.7 Å². The summed E-state index contributed by atoms with van der Waals surface area (Å²) in [5.74, 6) is -0.225. The summed E-state index contributed by atoms with van der Waals surface area (Å²) in [6.07, 6.45) is 3.74. The summed E-state index contributed by atoms with van der Waals surface area (Å²) in [5, 5.41) is 9.65. The third-order valence-electron chi connectivity index (χ3n) is 4.73. The molecule has 0 saturated carbocycles. The predicted molar refractivity (Wildman–Crippen MR) is 101 cm³/mol.